The fraction of sp³-hybridized carbons (Fsp3) is 0. The highest BCUT2D eigenvalue weighted by Crippen LogP contribution is 2.20. The highest BCUT2D eigenvalue weighted by molar-refractivity contribution is 9.10. The number of aromatic hydroxyl groups is 1. The first-order valence-corrected chi connectivity index (χ1v) is 7.60. The number of pyridine rings is 1. The number of carbonyl (C=O) groups excluding carboxylic acids is 1. The van der Waals surface area contributed by atoms with Crippen LogP contribution in [0.25, 0.3) is 10.9 Å². The molecule has 114 valence electrons. The molecule has 0 aliphatic carbocycles. The summed E-state index contributed by atoms with van der Waals surface area (Å²) in [6.07, 6.45) is 1.37. The topological polar surface area (TPSA) is 74.6 Å². The maximum absolute atomic E-state index is 12.1. The number of carbonyl (C=O) groups is 1. The van der Waals surface area contributed by atoms with Gasteiger partial charge in [0.15, 0.2) is 0 Å². The highest BCUT2D eigenvalue weighted by atomic mass is 79.9. The average Bonchev–Trinajstić information content (AvgIpc) is 2.57. The monoisotopic (exact) mass is 369 g/mol. The molecule has 0 aliphatic rings. The van der Waals surface area contributed by atoms with Gasteiger partial charge in [0.1, 0.15) is 11.4 Å². The zero-order valence-electron chi connectivity index (χ0n) is 11.9. The van der Waals surface area contributed by atoms with E-state index < -0.39 is 5.91 Å². The Morgan fingerprint density at radius 1 is 1.17 bits per heavy atom. The first kappa shape index (κ1) is 15.2. The molecule has 0 fully saturated rings. The van der Waals surface area contributed by atoms with Gasteiger partial charge in [-0.05, 0) is 30.3 Å². The number of rotatable bonds is 3. The standard InChI is InChI=1S/C17H12BrN3O2/c18-13-6-8-16(22)12(9-13)10-19-21-17(23)15-7-5-11-3-1-2-4-14(11)20-15/h1-10,22H,(H,21,23)/b19-10+. The zero-order valence-corrected chi connectivity index (χ0v) is 13.5. The lowest BCUT2D eigenvalue weighted by Crippen LogP contribution is -2.18. The average molecular weight is 370 g/mol. The van der Waals surface area contributed by atoms with Gasteiger partial charge in [0.25, 0.3) is 5.91 Å². The molecule has 0 atom stereocenters. The van der Waals surface area contributed by atoms with E-state index in [-0.39, 0.29) is 11.4 Å². The van der Waals surface area contributed by atoms with Crippen LogP contribution in [0, 0.1) is 0 Å². The molecule has 3 aromatic rings. The number of hydrogen-bond donors (Lipinski definition) is 2. The fourth-order valence-electron chi connectivity index (χ4n) is 2.04. The lowest BCUT2D eigenvalue weighted by molar-refractivity contribution is 0.0950. The van der Waals surface area contributed by atoms with Gasteiger partial charge in [0.05, 0.1) is 11.7 Å². The molecule has 0 unspecified atom stereocenters. The first-order chi connectivity index (χ1) is 11.1. The molecule has 1 amide bonds. The molecule has 1 heterocycles. The van der Waals surface area contributed by atoms with Crippen LogP contribution in [-0.2, 0) is 0 Å². The molecule has 23 heavy (non-hydrogen) atoms. The van der Waals surface area contributed by atoms with E-state index in [9.17, 15) is 9.90 Å². The third kappa shape index (κ3) is 3.54. The lowest BCUT2D eigenvalue weighted by Gasteiger charge is -2.02. The van der Waals surface area contributed by atoms with Crippen molar-refractivity contribution in [1.29, 1.82) is 0 Å². The van der Waals surface area contributed by atoms with Gasteiger partial charge >= 0.3 is 0 Å². The van der Waals surface area contributed by atoms with Gasteiger partial charge in [-0.15, -0.1) is 0 Å². The Kier molecular flexibility index (Phi) is 4.34. The lowest BCUT2D eigenvalue weighted by atomic mass is 10.2. The van der Waals surface area contributed by atoms with Crippen molar-refractivity contribution in [2.75, 3.05) is 0 Å². The van der Waals surface area contributed by atoms with Crippen molar-refractivity contribution in [3.8, 4) is 5.75 Å². The summed E-state index contributed by atoms with van der Waals surface area (Å²) in [5.74, 6) is -0.337. The predicted octanol–water partition coefficient (Wildman–Crippen LogP) is 3.47. The van der Waals surface area contributed by atoms with Crippen molar-refractivity contribution in [3.63, 3.8) is 0 Å². The summed E-state index contributed by atoms with van der Waals surface area (Å²) in [6, 6.07) is 16.0. The van der Waals surface area contributed by atoms with Gasteiger partial charge in [-0.1, -0.05) is 40.2 Å². The van der Waals surface area contributed by atoms with E-state index in [0.29, 0.717) is 5.56 Å². The summed E-state index contributed by atoms with van der Waals surface area (Å²) in [6.45, 7) is 0. The molecular formula is C17H12BrN3O2. The van der Waals surface area contributed by atoms with E-state index in [0.717, 1.165) is 15.4 Å². The van der Waals surface area contributed by atoms with Gasteiger partial charge in [-0.3, -0.25) is 4.79 Å². The summed E-state index contributed by atoms with van der Waals surface area (Å²) in [5.41, 5.74) is 3.91. The van der Waals surface area contributed by atoms with Crippen LogP contribution >= 0.6 is 15.9 Å². The molecule has 5 nitrogen and oxygen atoms in total. The van der Waals surface area contributed by atoms with Gasteiger partial charge in [0, 0.05) is 15.4 Å². The number of phenols is 1. The molecule has 3 rings (SSSR count). The molecule has 0 saturated carbocycles. The normalized spacial score (nSPS) is 11.0. The molecule has 2 N–H and O–H groups in total. The van der Waals surface area contributed by atoms with Crippen LogP contribution in [0.2, 0.25) is 0 Å². The molecule has 2 aromatic carbocycles. The Balaban J connectivity index is 1.75. The molecule has 0 saturated heterocycles. The Morgan fingerprint density at radius 3 is 2.87 bits per heavy atom. The molecule has 0 radical (unpaired) electrons. The highest BCUT2D eigenvalue weighted by Gasteiger charge is 2.07. The van der Waals surface area contributed by atoms with Crippen molar-refractivity contribution >= 4 is 39.0 Å². The largest absolute Gasteiger partial charge is 0.507 e. The number of aromatic nitrogens is 1. The first-order valence-electron chi connectivity index (χ1n) is 6.81. The number of benzene rings is 2. The second-order valence-electron chi connectivity index (χ2n) is 4.79. The minimum atomic E-state index is -0.415. The molecule has 0 bridgehead atoms. The van der Waals surface area contributed by atoms with Crippen molar-refractivity contribution in [3.05, 3.63) is 70.3 Å². The van der Waals surface area contributed by atoms with E-state index >= 15 is 0 Å². The Morgan fingerprint density at radius 2 is 2.00 bits per heavy atom. The number of hydrogen-bond acceptors (Lipinski definition) is 4. The zero-order chi connectivity index (χ0) is 16.2. The maximum Gasteiger partial charge on any atom is 0.289 e. The van der Waals surface area contributed by atoms with E-state index in [1.54, 1.807) is 18.2 Å². The second kappa shape index (κ2) is 6.58. The number of nitrogens with zero attached hydrogens (tertiary/aromatic N) is 2. The van der Waals surface area contributed by atoms with Crippen molar-refractivity contribution in [1.82, 2.24) is 10.4 Å². The number of fused-ring (bicyclic) bond motifs is 1. The third-order valence-electron chi connectivity index (χ3n) is 3.19. The maximum atomic E-state index is 12.1. The van der Waals surface area contributed by atoms with Crippen LogP contribution < -0.4 is 5.43 Å². The van der Waals surface area contributed by atoms with Crippen molar-refractivity contribution in [2.24, 2.45) is 5.10 Å². The van der Waals surface area contributed by atoms with Gasteiger partial charge in [-0.25, -0.2) is 10.4 Å². The Labute approximate surface area is 140 Å². The van der Waals surface area contributed by atoms with Crippen LogP contribution in [-0.4, -0.2) is 22.2 Å². The SMILES string of the molecule is O=C(N/N=C/c1cc(Br)ccc1O)c1ccc2ccccc2n1. The quantitative estimate of drug-likeness (QED) is 0.548. The van der Waals surface area contributed by atoms with Gasteiger partial charge < -0.3 is 5.11 Å². The van der Waals surface area contributed by atoms with E-state index in [1.165, 1.54) is 12.3 Å². The second-order valence-corrected chi connectivity index (χ2v) is 5.71. The van der Waals surface area contributed by atoms with Crippen LogP contribution in [0.1, 0.15) is 16.1 Å². The van der Waals surface area contributed by atoms with E-state index in [2.05, 4.69) is 31.4 Å². The van der Waals surface area contributed by atoms with E-state index in [4.69, 9.17) is 0 Å². The predicted molar refractivity (Wildman–Crippen MR) is 92.6 cm³/mol. The van der Waals surface area contributed by atoms with Gasteiger partial charge in [0.2, 0.25) is 0 Å². The van der Waals surface area contributed by atoms with Crippen LogP contribution in [0.4, 0.5) is 0 Å². The third-order valence-corrected chi connectivity index (χ3v) is 3.68. The molecular weight excluding hydrogens is 358 g/mol. The minimum Gasteiger partial charge on any atom is -0.507 e. The minimum absolute atomic E-state index is 0.0787. The Hall–Kier alpha value is -2.73. The summed E-state index contributed by atoms with van der Waals surface area (Å²) in [7, 11) is 0. The number of halogens is 1. The number of nitrogens with one attached hydrogen (secondary N) is 1. The number of hydrazone groups is 1. The Bertz CT molecular complexity index is 909. The van der Waals surface area contributed by atoms with Crippen molar-refractivity contribution < 1.29 is 9.90 Å². The molecule has 0 aliphatic heterocycles. The number of amides is 1. The summed E-state index contributed by atoms with van der Waals surface area (Å²) in [5, 5.41) is 14.5. The van der Waals surface area contributed by atoms with Crippen LogP contribution in [0.3, 0.4) is 0 Å². The number of para-hydroxylation sites is 1. The van der Waals surface area contributed by atoms with E-state index in [1.807, 2.05) is 30.3 Å². The van der Waals surface area contributed by atoms with Crippen LogP contribution in [0.5, 0.6) is 5.75 Å². The van der Waals surface area contributed by atoms with Crippen LogP contribution in [0.15, 0.2) is 64.2 Å². The van der Waals surface area contributed by atoms with Crippen molar-refractivity contribution in [2.45, 2.75) is 0 Å². The molecule has 1 aromatic heterocycles. The summed E-state index contributed by atoms with van der Waals surface area (Å²) < 4.78 is 0.805. The summed E-state index contributed by atoms with van der Waals surface area (Å²) >= 11 is 3.31. The summed E-state index contributed by atoms with van der Waals surface area (Å²) in [4.78, 5) is 16.4. The fourth-order valence-corrected chi connectivity index (χ4v) is 2.42. The van der Waals surface area contributed by atoms with Gasteiger partial charge in [-0.2, -0.15) is 5.10 Å². The smallest absolute Gasteiger partial charge is 0.289 e. The number of phenolic OH excluding ortho intramolecular Hbond substituents is 1. The molecule has 0 spiro atoms. The molecule has 6 heteroatoms.